The Kier molecular flexibility index (Phi) is 11.7. The van der Waals surface area contributed by atoms with Crippen LogP contribution in [0.2, 0.25) is 0 Å². The van der Waals surface area contributed by atoms with E-state index in [1.54, 1.807) is 0 Å². The zero-order chi connectivity index (χ0) is 22.5. The summed E-state index contributed by atoms with van der Waals surface area (Å²) >= 11 is 0. The van der Waals surface area contributed by atoms with E-state index in [0.29, 0.717) is 25.6 Å². The van der Waals surface area contributed by atoms with Crippen LogP contribution in [-0.2, 0) is 20.7 Å². The van der Waals surface area contributed by atoms with Crippen molar-refractivity contribution >= 4 is 11.8 Å². The predicted molar refractivity (Wildman–Crippen MR) is 126 cm³/mol. The Morgan fingerprint density at radius 3 is 2.26 bits per heavy atom. The van der Waals surface area contributed by atoms with Crippen LogP contribution in [0.15, 0.2) is 30.3 Å². The lowest BCUT2D eigenvalue weighted by molar-refractivity contribution is -0.128. The van der Waals surface area contributed by atoms with E-state index in [-0.39, 0.29) is 29.8 Å². The van der Waals surface area contributed by atoms with E-state index in [0.717, 1.165) is 51.4 Å². The molecule has 1 aliphatic rings. The highest BCUT2D eigenvalue weighted by atomic mass is 16.5. The summed E-state index contributed by atoms with van der Waals surface area (Å²) < 4.78 is 5.41. The van der Waals surface area contributed by atoms with Gasteiger partial charge in [0.2, 0.25) is 11.8 Å². The van der Waals surface area contributed by atoms with Gasteiger partial charge in [0.25, 0.3) is 0 Å². The lowest BCUT2D eigenvalue weighted by atomic mass is 9.93. The third kappa shape index (κ3) is 10.3. The van der Waals surface area contributed by atoms with Crippen molar-refractivity contribution in [1.82, 2.24) is 10.6 Å². The second-order valence-electron chi connectivity index (χ2n) is 9.34. The molecule has 0 aliphatic carbocycles. The quantitative estimate of drug-likeness (QED) is 0.479. The topological polar surface area (TPSA) is 67.4 Å². The fourth-order valence-electron chi connectivity index (χ4n) is 4.16. The molecule has 2 amide bonds. The Morgan fingerprint density at radius 2 is 1.61 bits per heavy atom. The molecule has 0 spiro atoms. The number of hydrogen-bond acceptors (Lipinski definition) is 3. The van der Waals surface area contributed by atoms with Crippen LogP contribution in [0.3, 0.4) is 0 Å². The van der Waals surface area contributed by atoms with Gasteiger partial charge in [-0.05, 0) is 62.8 Å². The Morgan fingerprint density at radius 1 is 0.968 bits per heavy atom. The lowest BCUT2D eigenvalue weighted by Gasteiger charge is -2.27. The average molecular weight is 431 g/mol. The van der Waals surface area contributed by atoms with Gasteiger partial charge in [-0.15, -0.1) is 0 Å². The summed E-state index contributed by atoms with van der Waals surface area (Å²) in [5.74, 6) is 0.964. The Hall–Kier alpha value is -1.88. The summed E-state index contributed by atoms with van der Waals surface area (Å²) in [6.07, 6.45) is 7.66. The maximum atomic E-state index is 12.8. The van der Waals surface area contributed by atoms with Gasteiger partial charge < -0.3 is 15.4 Å². The van der Waals surface area contributed by atoms with Gasteiger partial charge in [0.05, 0.1) is 0 Å². The third-order valence-electron chi connectivity index (χ3n) is 6.06. The Labute approximate surface area is 188 Å². The number of carbonyl (C=O) groups excluding carboxylic acids is 2. The van der Waals surface area contributed by atoms with Crippen LogP contribution in [-0.4, -0.2) is 37.1 Å². The number of ether oxygens (including phenoxy) is 1. The standard InChI is InChI=1S/C26H42N2O3/c1-4-8-25(29)27-24(19-21-9-6-5-7-10-21)14-13-23(12-11-20(2)3)28-26(30)22-15-17-31-18-16-22/h5-7,9-10,20,22-24H,4,8,11-19H2,1-3H3,(H,27,29)(H,28,30). The van der Waals surface area contributed by atoms with E-state index in [4.69, 9.17) is 4.74 Å². The zero-order valence-corrected chi connectivity index (χ0v) is 19.7. The first-order valence-corrected chi connectivity index (χ1v) is 12.2. The molecular formula is C26H42N2O3. The summed E-state index contributed by atoms with van der Waals surface area (Å²) in [4.78, 5) is 25.1. The lowest BCUT2D eigenvalue weighted by Crippen LogP contribution is -2.42. The van der Waals surface area contributed by atoms with Gasteiger partial charge in [-0.25, -0.2) is 0 Å². The zero-order valence-electron chi connectivity index (χ0n) is 19.7. The molecule has 1 saturated heterocycles. The summed E-state index contributed by atoms with van der Waals surface area (Å²) in [5.41, 5.74) is 1.23. The number of amides is 2. The summed E-state index contributed by atoms with van der Waals surface area (Å²) in [5, 5.41) is 6.57. The van der Waals surface area contributed by atoms with E-state index >= 15 is 0 Å². The molecule has 1 aromatic rings. The minimum atomic E-state index is 0.0691. The van der Waals surface area contributed by atoms with Gasteiger partial charge in [0.15, 0.2) is 0 Å². The maximum Gasteiger partial charge on any atom is 0.223 e. The van der Waals surface area contributed by atoms with E-state index in [2.05, 4.69) is 36.6 Å². The molecule has 2 rings (SSSR count). The molecule has 0 bridgehead atoms. The van der Waals surface area contributed by atoms with Crippen LogP contribution in [0.25, 0.3) is 0 Å². The first-order valence-electron chi connectivity index (χ1n) is 12.2. The van der Waals surface area contributed by atoms with Crippen LogP contribution < -0.4 is 10.6 Å². The van der Waals surface area contributed by atoms with Crippen molar-refractivity contribution in [2.45, 2.75) is 90.6 Å². The van der Waals surface area contributed by atoms with E-state index in [1.807, 2.05) is 25.1 Å². The molecule has 2 atom stereocenters. The molecule has 1 aliphatic heterocycles. The van der Waals surface area contributed by atoms with E-state index < -0.39 is 0 Å². The van der Waals surface area contributed by atoms with Gasteiger partial charge in [-0.2, -0.15) is 0 Å². The van der Waals surface area contributed by atoms with Gasteiger partial charge in [0.1, 0.15) is 0 Å². The maximum absolute atomic E-state index is 12.8. The largest absolute Gasteiger partial charge is 0.381 e. The molecule has 0 radical (unpaired) electrons. The minimum absolute atomic E-state index is 0.0691. The molecule has 2 N–H and O–H groups in total. The molecule has 2 unspecified atom stereocenters. The van der Waals surface area contributed by atoms with Crippen molar-refractivity contribution in [3.8, 4) is 0 Å². The number of carbonyl (C=O) groups is 2. The summed E-state index contributed by atoms with van der Waals surface area (Å²) in [6, 6.07) is 10.6. The number of benzene rings is 1. The molecule has 174 valence electrons. The van der Waals surface area contributed by atoms with Crippen molar-refractivity contribution in [1.29, 1.82) is 0 Å². The van der Waals surface area contributed by atoms with Crippen LogP contribution >= 0.6 is 0 Å². The molecule has 1 aromatic carbocycles. The van der Waals surface area contributed by atoms with Crippen LogP contribution in [0.4, 0.5) is 0 Å². The van der Waals surface area contributed by atoms with Gasteiger partial charge in [0, 0.05) is 37.6 Å². The van der Waals surface area contributed by atoms with E-state index in [1.165, 1.54) is 5.56 Å². The van der Waals surface area contributed by atoms with Crippen molar-refractivity contribution in [2.75, 3.05) is 13.2 Å². The van der Waals surface area contributed by atoms with Crippen LogP contribution in [0.5, 0.6) is 0 Å². The minimum Gasteiger partial charge on any atom is -0.381 e. The molecule has 0 saturated carbocycles. The highest BCUT2D eigenvalue weighted by Crippen LogP contribution is 2.18. The molecule has 5 heteroatoms. The summed E-state index contributed by atoms with van der Waals surface area (Å²) in [6.45, 7) is 7.83. The van der Waals surface area contributed by atoms with Crippen LogP contribution in [0.1, 0.15) is 77.7 Å². The molecule has 1 heterocycles. The van der Waals surface area contributed by atoms with E-state index in [9.17, 15) is 9.59 Å². The third-order valence-corrected chi connectivity index (χ3v) is 6.06. The van der Waals surface area contributed by atoms with Crippen molar-refractivity contribution in [3.05, 3.63) is 35.9 Å². The predicted octanol–water partition coefficient (Wildman–Crippen LogP) is 4.64. The fraction of sp³-hybridized carbons (Fsp3) is 0.692. The smallest absolute Gasteiger partial charge is 0.223 e. The number of nitrogens with one attached hydrogen (secondary N) is 2. The van der Waals surface area contributed by atoms with Gasteiger partial charge >= 0.3 is 0 Å². The van der Waals surface area contributed by atoms with Gasteiger partial charge in [-0.3, -0.25) is 9.59 Å². The van der Waals surface area contributed by atoms with Crippen LogP contribution in [0, 0.1) is 11.8 Å². The first kappa shape index (κ1) is 25.4. The van der Waals surface area contributed by atoms with Crippen molar-refractivity contribution in [3.63, 3.8) is 0 Å². The number of hydrogen-bond donors (Lipinski definition) is 2. The molecule has 31 heavy (non-hydrogen) atoms. The average Bonchev–Trinajstić information content (AvgIpc) is 2.76. The second kappa shape index (κ2) is 14.2. The number of rotatable bonds is 13. The Bertz CT molecular complexity index is 641. The summed E-state index contributed by atoms with van der Waals surface area (Å²) in [7, 11) is 0. The second-order valence-corrected chi connectivity index (χ2v) is 9.34. The SMILES string of the molecule is CCCC(=O)NC(CCC(CCC(C)C)NC(=O)C1CCOCC1)Cc1ccccc1. The Balaban J connectivity index is 1.98. The molecule has 0 aromatic heterocycles. The highest BCUT2D eigenvalue weighted by Gasteiger charge is 2.24. The fourth-order valence-corrected chi connectivity index (χ4v) is 4.16. The van der Waals surface area contributed by atoms with Crippen molar-refractivity contribution < 1.29 is 14.3 Å². The molecular weight excluding hydrogens is 388 g/mol. The van der Waals surface area contributed by atoms with Crippen molar-refractivity contribution in [2.24, 2.45) is 11.8 Å². The molecule has 1 fully saturated rings. The highest BCUT2D eigenvalue weighted by molar-refractivity contribution is 5.79. The first-order chi connectivity index (χ1) is 15.0. The monoisotopic (exact) mass is 430 g/mol. The molecule has 5 nitrogen and oxygen atoms in total. The normalized spacial score (nSPS) is 16.6. The van der Waals surface area contributed by atoms with Gasteiger partial charge in [-0.1, -0.05) is 51.1 Å².